The Morgan fingerprint density at radius 2 is 2.09 bits per heavy atom. The van der Waals surface area contributed by atoms with Crippen LogP contribution in [0.15, 0.2) is 12.3 Å². The number of aromatic nitrogens is 1. The minimum absolute atomic E-state index is 0.0903. The number of nitrogens with two attached hydrogens (primary N) is 1. The predicted molar refractivity (Wildman–Crippen MR) is 87.7 cm³/mol. The van der Waals surface area contributed by atoms with E-state index >= 15 is 0 Å². The summed E-state index contributed by atoms with van der Waals surface area (Å²) in [6, 6.07) is 2.23. The van der Waals surface area contributed by atoms with Crippen molar-refractivity contribution in [2.45, 2.75) is 58.4 Å². The zero-order valence-corrected chi connectivity index (χ0v) is 13.8. The monoisotopic (exact) mass is 301 g/mol. The van der Waals surface area contributed by atoms with E-state index in [4.69, 9.17) is 5.73 Å². The van der Waals surface area contributed by atoms with E-state index in [1.54, 1.807) is 0 Å². The molecule has 1 saturated carbocycles. The molecular weight excluding hydrogens is 274 g/mol. The van der Waals surface area contributed by atoms with Gasteiger partial charge in [-0.15, -0.1) is 0 Å². The van der Waals surface area contributed by atoms with E-state index in [2.05, 4.69) is 9.88 Å². The third-order valence-electron chi connectivity index (χ3n) is 5.82. The van der Waals surface area contributed by atoms with Crippen molar-refractivity contribution >= 4 is 5.91 Å². The minimum Gasteiger partial charge on any atom is -0.334 e. The fraction of sp³-hybridized carbons (Fsp3) is 0.667. The highest BCUT2D eigenvalue weighted by molar-refractivity contribution is 5.92. The van der Waals surface area contributed by atoms with Crippen LogP contribution in [0.2, 0.25) is 0 Å². The van der Waals surface area contributed by atoms with Gasteiger partial charge >= 0.3 is 0 Å². The van der Waals surface area contributed by atoms with Gasteiger partial charge in [0, 0.05) is 24.2 Å². The Kier molecular flexibility index (Phi) is 4.22. The molecule has 0 radical (unpaired) electrons. The lowest BCUT2D eigenvalue weighted by atomic mass is 9.62. The Balaban J connectivity index is 1.86. The summed E-state index contributed by atoms with van der Waals surface area (Å²) < 4.78 is 0. The van der Waals surface area contributed by atoms with Gasteiger partial charge in [0.1, 0.15) is 5.69 Å². The second kappa shape index (κ2) is 5.99. The molecule has 1 aromatic rings. The first-order chi connectivity index (χ1) is 10.6. The zero-order chi connectivity index (χ0) is 15.7. The second-order valence-electron chi connectivity index (χ2n) is 7.08. The summed E-state index contributed by atoms with van der Waals surface area (Å²) in [4.78, 5) is 19.5. The number of amides is 1. The lowest BCUT2D eigenvalue weighted by Gasteiger charge is -2.53. The molecule has 1 aromatic heterocycles. The molecule has 1 saturated heterocycles. The molecule has 4 heteroatoms. The third-order valence-corrected chi connectivity index (χ3v) is 5.82. The van der Waals surface area contributed by atoms with Crippen LogP contribution >= 0.6 is 0 Å². The van der Waals surface area contributed by atoms with Gasteiger partial charge < -0.3 is 10.6 Å². The summed E-state index contributed by atoms with van der Waals surface area (Å²) in [6.07, 6.45) is 8.77. The van der Waals surface area contributed by atoms with Crippen LogP contribution in [0.4, 0.5) is 0 Å². The van der Waals surface area contributed by atoms with Gasteiger partial charge in [0.15, 0.2) is 0 Å². The number of likely N-dealkylation sites (tertiary alicyclic amines) is 1. The number of carbonyl (C=O) groups excluding carboxylic acids is 1. The average molecular weight is 301 g/mol. The van der Waals surface area contributed by atoms with Gasteiger partial charge in [0.05, 0.1) is 0 Å². The van der Waals surface area contributed by atoms with E-state index in [1.807, 2.05) is 26.1 Å². The molecule has 2 N–H and O–H groups in total. The highest BCUT2D eigenvalue weighted by atomic mass is 16.2. The van der Waals surface area contributed by atoms with E-state index in [0.29, 0.717) is 18.3 Å². The summed E-state index contributed by atoms with van der Waals surface area (Å²) in [6.45, 7) is 5.61. The lowest BCUT2D eigenvalue weighted by Crippen LogP contribution is -2.58. The highest BCUT2D eigenvalue weighted by Gasteiger charge is 2.47. The van der Waals surface area contributed by atoms with Crippen LogP contribution in [-0.4, -0.2) is 34.9 Å². The van der Waals surface area contributed by atoms with Gasteiger partial charge in [-0.1, -0.05) is 6.42 Å². The SMILES string of the molecule is Cc1cnc(C(=O)N2CCCCC2C2(CN)CCC2)cc1C. The van der Waals surface area contributed by atoms with Crippen LogP contribution < -0.4 is 5.73 Å². The second-order valence-corrected chi connectivity index (χ2v) is 7.08. The Labute approximate surface area is 133 Å². The Morgan fingerprint density at radius 3 is 2.68 bits per heavy atom. The van der Waals surface area contributed by atoms with Gasteiger partial charge in [0.2, 0.25) is 0 Å². The molecule has 0 bridgehead atoms. The summed E-state index contributed by atoms with van der Waals surface area (Å²) in [5.41, 5.74) is 9.10. The maximum atomic E-state index is 13.0. The molecule has 1 aliphatic heterocycles. The van der Waals surface area contributed by atoms with E-state index in [9.17, 15) is 4.79 Å². The molecule has 4 nitrogen and oxygen atoms in total. The van der Waals surface area contributed by atoms with Crippen LogP contribution in [0, 0.1) is 19.3 Å². The number of aryl methyl sites for hydroxylation is 2. The van der Waals surface area contributed by atoms with E-state index in [1.165, 1.54) is 12.8 Å². The number of carbonyl (C=O) groups is 1. The van der Waals surface area contributed by atoms with Crippen molar-refractivity contribution in [3.05, 3.63) is 29.1 Å². The van der Waals surface area contributed by atoms with Crippen LogP contribution in [0.25, 0.3) is 0 Å². The van der Waals surface area contributed by atoms with Crippen molar-refractivity contribution in [2.24, 2.45) is 11.1 Å². The molecule has 22 heavy (non-hydrogen) atoms. The maximum Gasteiger partial charge on any atom is 0.272 e. The molecule has 0 aromatic carbocycles. The molecule has 3 rings (SSSR count). The predicted octanol–water partition coefficient (Wildman–Crippen LogP) is 2.82. The summed E-state index contributed by atoms with van der Waals surface area (Å²) in [5, 5.41) is 0. The van der Waals surface area contributed by atoms with Crippen LogP contribution in [0.3, 0.4) is 0 Å². The number of hydrogen-bond donors (Lipinski definition) is 1. The standard InChI is InChI=1S/C18H27N3O/c1-13-10-15(20-11-14(13)2)17(22)21-9-4-3-6-16(21)18(12-19)7-5-8-18/h10-11,16H,3-9,12,19H2,1-2H3. The van der Waals surface area contributed by atoms with Crippen LogP contribution in [0.1, 0.15) is 60.1 Å². The molecule has 1 amide bonds. The van der Waals surface area contributed by atoms with Gasteiger partial charge in [-0.2, -0.15) is 0 Å². The molecule has 2 heterocycles. The lowest BCUT2D eigenvalue weighted by molar-refractivity contribution is -0.00907. The minimum atomic E-state index is 0.0903. The van der Waals surface area contributed by atoms with Crippen molar-refractivity contribution in [2.75, 3.05) is 13.1 Å². The zero-order valence-electron chi connectivity index (χ0n) is 13.8. The van der Waals surface area contributed by atoms with Gasteiger partial charge in [0.25, 0.3) is 5.91 Å². The molecule has 120 valence electrons. The summed E-state index contributed by atoms with van der Waals surface area (Å²) >= 11 is 0. The van der Waals surface area contributed by atoms with Crippen LogP contribution in [0.5, 0.6) is 0 Å². The fourth-order valence-corrected chi connectivity index (χ4v) is 4.00. The van der Waals surface area contributed by atoms with Crippen molar-refractivity contribution < 1.29 is 4.79 Å². The van der Waals surface area contributed by atoms with E-state index in [-0.39, 0.29) is 11.3 Å². The Morgan fingerprint density at radius 1 is 1.32 bits per heavy atom. The largest absolute Gasteiger partial charge is 0.334 e. The smallest absolute Gasteiger partial charge is 0.272 e. The molecule has 1 aliphatic carbocycles. The molecule has 0 spiro atoms. The number of piperidine rings is 1. The number of rotatable bonds is 3. The number of hydrogen-bond acceptors (Lipinski definition) is 3. The van der Waals surface area contributed by atoms with Gasteiger partial charge in [-0.05, 0) is 69.7 Å². The van der Waals surface area contributed by atoms with Crippen molar-refractivity contribution in [1.82, 2.24) is 9.88 Å². The fourth-order valence-electron chi connectivity index (χ4n) is 4.00. The molecule has 2 aliphatic rings. The third kappa shape index (κ3) is 2.54. The molecule has 1 unspecified atom stereocenters. The van der Waals surface area contributed by atoms with Gasteiger partial charge in [-0.25, -0.2) is 0 Å². The summed E-state index contributed by atoms with van der Waals surface area (Å²) in [7, 11) is 0. The van der Waals surface area contributed by atoms with Crippen LogP contribution in [-0.2, 0) is 0 Å². The topological polar surface area (TPSA) is 59.2 Å². The quantitative estimate of drug-likeness (QED) is 0.934. The van der Waals surface area contributed by atoms with Gasteiger partial charge in [-0.3, -0.25) is 9.78 Å². The normalized spacial score (nSPS) is 24.0. The first-order valence-electron chi connectivity index (χ1n) is 8.52. The molecular formula is C18H27N3O. The summed E-state index contributed by atoms with van der Waals surface area (Å²) in [5.74, 6) is 0.0903. The van der Waals surface area contributed by atoms with E-state index in [0.717, 1.165) is 43.4 Å². The Hall–Kier alpha value is -1.42. The van der Waals surface area contributed by atoms with Crippen molar-refractivity contribution in [3.8, 4) is 0 Å². The maximum absolute atomic E-state index is 13.0. The average Bonchev–Trinajstić information content (AvgIpc) is 2.49. The highest BCUT2D eigenvalue weighted by Crippen LogP contribution is 2.47. The van der Waals surface area contributed by atoms with Crippen molar-refractivity contribution in [3.63, 3.8) is 0 Å². The van der Waals surface area contributed by atoms with Crippen molar-refractivity contribution in [1.29, 1.82) is 0 Å². The molecule has 2 fully saturated rings. The molecule has 1 atom stereocenters. The Bertz CT molecular complexity index is 560. The number of pyridine rings is 1. The van der Waals surface area contributed by atoms with E-state index < -0.39 is 0 Å². The first kappa shape index (κ1) is 15.5. The number of nitrogens with zero attached hydrogens (tertiary/aromatic N) is 2. The first-order valence-corrected chi connectivity index (χ1v) is 8.52.